The molecule has 2 N–H and O–H groups in total. The molecule has 0 saturated heterocycles. The molecule has 0 bridgehead atoms. The van der Waals surface area contributed by atoms with Gasteiger partial charge in [0.2, 0.25) is 0 Å². The molecule has 4 heterocycles. The average Bonchev–Trinajstić information content (AvgIpc) is 3.50. The fraction of sp³-hybridized carbons (Fsp3) is 0.250. The highest BCUT2D eigenvalue weighted by atomic mass is 35.5. The van der Waals surface area contributed by atoms with E-state index in [0.29, 0.717) is 38.2 Å². The molecule has 8 heteroatoms. The van der Waals surface area contributed by atoms with Crippen LogP contribution in [0.3, 0.4) is 0 Å². The summed E-state index contributed by atoms with van der Waals surface area (Å²) in [6, 6.07) is 11.8. The van der Waals surface area contributed by atoms with E-state index in [-0.39, 0.29) is 11.1 Å². The van der Waals surface area contributed by atoms with Gasteiger partial charge in [0.1, 0.15) is 0 Å². The third-order valence-corrected chi connectivity index (χ3v) is 6.50. The summed E-state index contributed by atoms with van der Waals surface area (Å²) in [6.07, 6.45) is 0. The van der Waals surface area contributed by atoms with Crippen molar-refractivity contribution in [3.63, 3.8) is 0 Å². The molecule has 0 atom stereocenters. The molecule has 0 fully saturated rings. The summed E-state index contributed by atoms with van der Waals surface area (Å²) < 4.78 is 10.6. The molecule has 2 aromatic heterocycles. The molecule has 2 aliphatic heterocycles. The first-order chi connectivity index (χ1) is 15.6. The maximum Gasteiger partial charge on any atom is 0.254 e. The summed E-state index contributed by atoms with van der Waals surface area (Å²) in [4.78, 5) is 29.3. The highest BCUT2D eigenvalue weighted by Gasteiger charge is 2.19. The van der Waals surface area contributed by atoms with Gasteiger partial charge in [-0.1, -0.05) is 24.3 Å². The third-order valence-electron chi connectivity index (χ3n) is 5.89. The second-order valence-electron chi connectivity index (χ2n) is 7.84. The normalized spacial score (nSPS) is 14.3. The van der Waals surface area contributed by atoms with Gasteiger partial charge in [-0.05, 0) is 34.4 Å². The van der Waals surface area contributed by atoms with Crippen LogP contribution < -0.4 is 11.1 Å². The first kappa shape index (κ1) is 21.2. The van der Waals surface area contributed by atoms with E-state index in [2.05, 4.69) is 9.97 Å². The second kappa shape index (κ2) is 8.71. The summed E-state index contributed by atoms with van der Waals surface area (Å²) in [5.74, 6) is 0.900. The largest absolute Gasteiger partial charge is 0.372 e. The Kier molecular flexibility index (Phi) is 5.78. The van der Waals surface area contributed by atoms with Gasteiger partial charge in [0.25, 0.3) is 11.1 Å². The summed E-state index contributed by atoms with van der Waals surface area (Å²) in [5.41, 5.74) is 7.13. The van der Waals surface area contributed by atoms with Gasteiger partial charge in [0.05, 0.1) is 26.4 Å². The Hall–Kier alpha value is -2.64. The zero-order valence-corrected chi connectivity index (χ0v) is 18.6. The van der Waals surface area contributed by atoms with Crippen LogP contribution in [0, 0.1) is 0 Å². The van der Waals surface area contributed by atoms with Crippen molar-refractivity contribution in [2.45, 2.75) is 38.2 Å². The first-order valence-corrected chi connectivity index (χ1v) is 11.3. The molecule has 0 amide bonds. The number of hydrogen-bond donors (Lipinski definition) is 2. The van der Waals surface area contributed by atoms with Crippen molar-refractivity contribution in [1.82, 2.24) is 9.97 Å². The maximum atomic E-state index is 11.8. The van der Waals surface area contributed by atoms with Crippen molar-refractivity contribution in [2.24, 2.45) is 0 Å². The van der Waals surface area contributed by atoms with Gasteiger partial charge in [0.15, 0.2) is 0 Å². The Balaban J connectivity index is 0.000000135. The second-order valence-corrected chi connectivity index (χ2v) is 8.37. The topological polar surface area (TPSA) is 84.2 Å². The molecule has 2 aliphatic rings. The predicted octanol–water partition coefficient (Wildman–Crippen LogP) is 4.59. The van der Waals surface area contributed by atoms with E-state index < -0.39 is 0 Å². The Labute approximate surface area is 193 Å². The van der Waals surface area contributed by atoms with Crippen LogP contribution in [0.2, 0.25) is 0 Å². The number of H-pyrrole nitrogens is 2. The van der Waals surface area contributed by atoms with Crippen molar-refractivity contribution in [1.29, 1.82) is 0 Å². The molecule has 0 spiro atoms. The van der Waals surface area contributed by atoms with Crippen molar-refractivity contribution in [3.8, 4) is 0 Å². The highest BCUT2D eigenvalue weighted by Crippen LogP contribution is 2.26. The summed E-state index contributed by atoms with van der Waals surface area (Å²) in [6.45, 7) is 1.88. The number of alkyl halides is 2. The fourth-order valence-electron chi connectivity index (χ4n) is 4.22. The quantitative estimate of drug-likeness (QED) is 0.419. The Bertz CT molecular complexity index is 1350. The van der Waals surface area contributed by atoms with E-state index in [1.807, 2.05) is 36.4 Å². The Morgan fingerprint density at radius 1 is 0.656 bits per heavy atom. The molecule has 0 aliphatic carbocycles. The van der Waals surface area contributed by atoms with E-state index in [1.54, 1.807) is 0 Å². The number of rotatable bonds is 2. The van der Waals surface area contributed by atoms with Crippen LogP contribution in [0.15, 0.2) is 46.0 Å². The summed E-state index contributed by atoms with van der Waals surface area (Å²) >= 11 is 11.5. The van der Waals surface area contributed by atoms with E-state index >= 15 is 0 Å². The SMILES string of the molecule is O=c1[nH]c2cc(CCl)ccc2c2c1COC2.O=c1[nH]c2cc(CCl)ccc2c2c1COC2. The minimum absolute atomic E-state index is 0.0493. The zero-order chi connectivity index (χ0) is 22.2. The van der Waals surface area contributed by atoms with Crippen molar-refractivity contribution in [3.05, 3.63) is 90.5 Å². The van der Waals surface area contributed by atoms with Crippen LogP contribution >= 0.6 is 23.2 Å². The number of aromatic amines is 2. The van der Waals surface area contributed by atoms with Crippen LogP contribution in [0.1, 0.15) is 33.4 Å². The highest BCUT2D eigenvalue weighted by molar-refractivity contribution is 6.17. The van der Waals surface area contributed by atoms with E-state index in [1.165, 1.54) is 0 Å². The third kappa shape index (κ3) is 3.73. The molecular weight excluding hydrogens is 451 g/mol. The van der Waals surface area contributed by atoms with Gasteiger partial charge in [-0.3, -0.25) is 9.59 Å². The molecular formula is C24H20Cl2N2O4. The number of nitrogens with one attached hydrogen (secondary N) is 2. The van der Waals surface area contributed by atoms with Crippen LogP contribution in [-0.4, -0.2) is 9.97 Å². The molecule has 6 rings (SSSR count). The van der Waals surface area contributed by atoms with Gasteiger partial charge in [-0.25, -0.2) is 0 Å². The van der Waals surface area contributed by atoms with Gasteiger partial charge in [-0.15, -0.1) is 23.2 Å². The number of pyridine rings is 2. The van der Waals surface area contributed by atoms with Crippen LogP contribution in [-0.2, 0) is 47.7 Å². The minimum atomic E-state index is -0.0493. The fourth-order valence-corrected chi connectivity index (χ4v) is 4.55. The number of ether oxygens (including phenoxy) is 2. The molecule has 2 aromatic carbocycles. The van der Waals surface area contributed by atoms with Gasteiger partial charge in [-0.2, -0.15) is 0 Å². The number of hydrogen-bond acceptors (Lipinski definition) is 4. The van der Waals surface area contributed by atoms with E-state index in [9.17, 15) is 9.59 Å². The lowest BCUT2D eigenvalue weighted by molar-refractivity contribution is 0.134. The number of benzene rings is 2. The molecule has 4 aromatic rings. The molecule has 164 valence electrons. The van der Waals surface area contributed by atoms with Crippen molar-refractivity contribution in [2.75, 3.05) is 0 Å². The van der Waals surface area contributed by atoms with Crippen LogP contribution in [0.4, 0.5) is 0 Å². The van der Waals surface area contributed by atoms with Crippen LogP contribution in [0.5, 0.6) is 0 Å². The molecule has 6 nitrogen and oxygen atoms in total. The van der Waals surface area contributed by atoms with Crippen LogP contribution in [0.25, 0.3) is 21.8 Å². The minimum Gasteiger partial charge on any atom is -0.372 e. The monoisotopic (exact) mass is 470 g/mol. The number of aromatic nitrogens is 2. The van der Waals surface area contributed by atoms with E-state index in [0.717, 1.165) is 55.2 Å². The van der Waals surface area contributed by atoms with Crippen molar-refractivity contribution >= 4 is 45.0 Å². The summed E-state index contributed by atoms with van der Waals surface area (Å²) in [5, 5.41) is 2.11. The lowest BCUT2D eigenvalue weighted by atomic mass is 10.0. The van der Waals surface area contributed by atoms with Gasteiger partial charge < -0.3 is 19.4 Å². The molecule has 0 radical (unpaired) electrons. The Morgan fingerprint density at radius 3 is 1.47 bits per heavy atom. The molecule has 0 saturated carbocycles. The summed E-state index contributed by atoms with van der Waals surface area (Å²) in [7, 11) is 0. The number of halogens is 2. The molecule has 32 heavy (non-hydrogen) atoms. The van der Waals surface area contributed by atoms with Gasteiger partial charge in [0, 0.05) is 44.7 Å². The van der Waals surface area contributed by atoms with Gasteiger partial charge >= 0.3 is 0 Å². The lowest BCUT2D eigenvalue weighted by Crippen LogP contribution is -2.12. The predicted molar refractivity (Wildman–Crippen MR) is 125 cm³/mol. The maximum absolute atomic E-state index is 11.8. The lowest BCUT2D eigenvalue weighted by Gasteiger charge is -2.04. The average molecular weight is 471 g/mol. The number of fused-ring (bicyclic) bond motifs is 6. The first-order valence-electron chi connectivity index (χ1n) is 10.2. The molecule has 0 unspecified atom stereocenters. The Morgan fingerprint density at radius 2 is 1.06 bits per heavy atom. The zero-order valence-electron chi connectivity index (χ0n) is 17.1. The van der Waals surface area contributed by atoms with E-state index in [4.69, 9.17) is 32.7 Å². The smallest absolute Gasteiger partial charge is 0.254 e. The standard InChI is InChI=1S/2C12H10ClNO2/c2*13-4-7-1-2-8-9-5-16-6-10(9)12(15)14-11(8)3-7/h2*1-3H,4-6H2,(H,14,15). The van der Waals surface area contributed by atoms with Crippen molar-refractivity contribution < 1.29 is 9.47 Å².